The molecule has 0 aromatic heterocycles. The number of rotatable bonds is 25. The summed E-state index contributed by atoms with van der Waals surface area (Å²) < 4.78 is 1.89. The number of hydrogen-bond acceptors (Lipinski definition) is 4. The van der Waals surface area contributed by atoms with E-state index < -0.39 is 0 Å². The summed E-state index contributed by atoms with van der Waals surface area (Å²) >= 11 is 14.4. The molecule has 2 N–H and O–H groups in total. The fraction of sp³-hybridized carbons (Fsp3) is 0.929. The van der Waals surface area contributed by atoms with E-state index in [9.17, 15) is 0 Å². The molecule has 0 aromatic carbocycles. The number of hydrogen-bond donors (Lipinski definition) is 2. The molecule has 0 aromatic rings. The van der Waals surface area contributed by atoms with Crippen LogP contribution >= 0.6 is 48.0 Å². The Morgan fingerprint density at radius 2 is 0.706 bits per heavy atom. The van der Waals surface area contributed by atoms with Gasteiger partial charge in [-0.05, 0) is 12.8 Å². The van der Waals surface area contributed by atoms with Gasteiger partial charge in [-0.2, -0.15) is 0 Å². The van der Waals surface area contributed by atoms with Gasteiger partial charge in [0.05, 0.1) is 0 Å². The highest BCUT2D eigenvalue weighted by Crippen LogP contribution is 2.13. The van der Waals surface area contributed by atoms with E-state index in [0.29, 0.717) is 0 Å². The SMILES string of the molecule is CCCCCCCCCCCCNC(=S)SCCSC(=S)NCCCCCCCCCCCC. The van der Waals surface area contributed by atoms with Crippen molar-refractivity contribution in [3.63, 3.8) is 0 Å². The molecule has 202 valence electrons. The quantitative estimate of drug-likeness (QED) is 0.0869. The largest absolute Gasteiger partial charge is 0.371 e. The number of thioether (sulfide) groups is 2. The van der Waals surface area contributed by atoms with E-state index in [-0.39, 0.29) is 0 Å². The van der Waals surface area contributed by atoms with Crippen LogP contribution in [-0.2, 0) is 0 Å². The first kappa shape index (κ1) is 34.5. The third-order valence-electron chi connectivity index (χ3n) is 6.15. The molecule has 0 unspecified atom stereocenters. The van der Waals surface area contributed by atoms with Gasteiger partial charge in [0, 0.05) is 24.6 Å². The van der Waals surface area contributed by atoms with Crippen LogP contribution in [0.2, 0.25) is 0 Å². The molecule has 0 radical (unpaired) electrons. The summed E-state index contributed by atoms with van der Waals surface area (Å²) in [5, 5.41) is 6.82. The molecule has 0 amide bonds. The van der Waals surface area contributed by atoms with Crippen molar-refractivity contribution in [1.82, 2.24) is 10.6 Å². The van der Waals surface area contributed by atoms with Crippen molar-refractivity contribution < 1.29 is 0 Å². The molecule has 0 saturated carbocycles. The van der Waals surface area contributed by atoms with Crippen molar-refractivity contribution in [2.24, 2.45) is 0 Å². The maximum atomic E-state index is 5.45. The second kappa shape index (κ2) is 29.7. The number of nitrogens with one attached hydrogen (secondary N) is 2. The van der Waals surface area contributed by atoms with E-state index in [0.717, 1.165) is 33.2 Å². The predicted octanol–water partition coefficient (Wildman–Crippen LogP) is 10.0. The van der Waals surface area contributed by atoms with Gasteiger partial charge in [0.25, 0.3) is 0 Å². The maximum absolute atomic E-state index is 5.45. The average molecular weight is 549 g/mol. The van der Waals surface area contributed by atoms with Crippen molar-refractivity contribution in [1.29, 1.82) is 0 Å². The Morgan fingerprint density at radius 1 is 0.441 bits per heavy atom. The van der Waals surface area contributed by atoms with Gasteiger partial charge in [-0.3, -0.25) is 0 Å². The van der Waals surface area contributed by atoms with Crippen LogP contribution in [0.3, 0.4) is 0 Å². The van der Waals surface area contributed by atoms with Gasteiger partial charge in [-0.1, -0.05) is 177 Å². The third kappa shape index (κ3) is 28.7. The first-order valence-electron chi connectivity index (χ1n) is 14.5. The van der Waals surface area contributed by atoms with Crippen molar-refractivity contribution in [3.8, 4) is 0 Å². The van der Waals surface area contributed by atoms with Crippen molar-refractivity contribution in [3.05, 3.63) is 0 Å². The zero-order valence-electron chi connectivity index (χ0n) is 22.6. The summed E-state index contributed by atoms with van der Waals surface area (Å²) in [5.41, 5.74) is 0. The van der Waals surface area contributed by atoms with E-state index in [1.54, 1.807) is 23.5 Å². The lowest BCUT2D eigenvalue weighted by Gasteiger charge is -2.09. The topological polar surface area (TPSA) is 24.1 Å². The molecule has 0 bridgehead atoms. The molecule has 0 heterocycles. The second-order valence-electron chi connectivity index (χ2n) is 9.49. The van der Waals surface area contributed by atoms with Crippen LogP contribution in [0.15, 0.2) is 0 Å². The fourth-order valence-corrected chi connectivity index (χ4v) is 6.13. The molecule has 34 heavy (non-hydrogen) atoms. The van der Waals surface area contributed by atoms with Crippen LogP contribution in [0.25, 0.3) is 0 Å². The Hall–Kier alpha value is 0.480. The molecule has 0 aliphatic rings. The van der Waals surface area contributed by atoms with E-state index in [4.69, 9.17) is 24.4 Å². The summed E-state index contributed by atoms with van der Waals surface area (Å²) in [6.07, 6.45) is 27.6. The highest BCUT2D eigenvalue weighted by Gasteiger charge is 2.01. The monoisotopic (exact) mass is 548 g/mol. The summed E-state index contributed by atoms with van der Waals surface area (Å²) in [5.74, 6) is 2.04. The highest BCUT2D eigenvalue weighted by atomic mass is 32.2. The van der Waals surface area contributed by atoms with Crippen molar-refractivity contribution in [2.75, 3.05) is 24.6 Å². The minimum Gasteiger partial charge on any atom is -0.371 e. The van der Waals surface area contributed by atoms with Crippen molar-refractivity contribution >= 4 is 56.6 Å². The average Bonchev–Trinajstić information content (AvgIpc) is 2.83. The first-order valence-corrected chi connectivity index (χ1v) is 17.3. The smallest absolute Gasteiger partial charge is 0.133 e. The Morgan fingerprint density at radius 3 is 1.00 bits per heavy atom. The molecule has 0 aliphatic carbocycles. The minimum atomic E-state index is 0.945. The zero-order chi connectivity index (χ0) is 25.0. The normalized spacial score (nSPS) is 11.0. The molecule has 0 saturated heterocycles. The lowest BCUT2D eigenvalue weighted by Crippen LogP contribution is -2.21. The van der Waals surface area contributed by atoms with Crippen LogP contribution in [-0.4, -0.2) is 33.2 Å². The van der Waals surface area contributed by atoms with Gasteiger partial charge in [0.1, 0.15) is 8.64 Å². The Labute approximate surface area is 233 Å². The van der Waals surface area contributed by atoms with Crippen LogP contribution < -0.4 is 10.6 Å². The molecule has 0 fully saturated rings. The summed E-state index contributed by atoms with van der Waals surface area (Å²) in [7, 11) is 0. The lowest BCUT2D eigenvalue weighted by atomic mass is 10.1. The minimum absolute atomic E-state index is 0.945. The fourth-order valence-electron chi connectivity index (χ4n) is 3.98. The second-order valence-corrected chi connectivity index (χ2v) is 13.0. The van der Waals surface area contributed by atoms with Gasteiger partial charge in [0.15, 0.2) is 0 Å². The van der Waals surface area contributed by atoms with E-state index in [2.05, 4.69) is 24.5 Å². The molecule has 2 nitrogen and oxygen atoms in total. The predicted molar refractivity (Wildman–Crippen MR) is 170 cm³/mol. The third-order valence-corrected chi connectivity index (χ3v) is 9.03. The van der Waals surface area contributed by atoms with E-state index in [1.165, 1.54) is 128 Å². The molecule has 6 heteroatoms. The van der Waals surface area contributed by atoms with E-state index in [1.807, 2.05) is 0 Å². The Kier molecular flexibility index (Phi) is 30.1. The Bertz CT molecular complexity index is 406. The molecule has 0 atom stereocenters. The zero-order valence-corrected chi connectivity index (χ0v) is 25.9. The number of unbranched alkanes of at least 4 members (excludes halogenated alkanes) is 18. The van der Waals surface area contributed by atoms with E-state index >= 15 is 0 Å². The van der Waals surface area contributed by atoms with Crippen molar-refractivity contribution in [2.45, 2.75) is 142 Å². The molecule has 0 aliphatic heterocycles. The van der Waals surface area contributed by atoms with Crippen LogP contribution in [0.5, 0.6) is 0 Å². The molecule has 0 rings (SSSR count). The van der Waals surface area contributed by atoms with Gasteiger partial charge in [-0.25, -0.2) is 0 Å². The lowest BCUT2D eigenvalue weighted by molar-refractivity contribution is 0.555. The summed E-state index contributed by atoms with van der Waals surface area (Å²) in [6, 6.07) is 0. The summed E-state index contributed by atoms with van der Waals surface area (Å²) in [6.45, 7) is 6.61. The van der Waals surface area contributed by atoms with Gasteiger partial charge in [0.2, 0.25) is 0 Å². The highest BCUT2D eigenvalue weighted by molar-refractivity contribution is 8.25. The van der Waals surface area contributed by atoms with Gasteiger partial charge >= 0.3 is 0 Å². The molecule has 0 spiro atoms. The summed E-state index contributed by atoms with van der Waals surface area (Å²) in [4.78, 5) is 0. The Balaban J connectivity index is 3.28. The standard InChI is InChI=1S/C28H56N2S4/c1-3-5-7-9-11-13-15-17-19-21-23-29-27(31)33-25-26-34-28(32)30-24-22-20-18-16-14-12-10-8-6-4-2/h3-26H2,1-2H3,(H,29,31)(H,30,32). The first-order chi connectivity index (χ1) is 16.7. The van der Waals surface area contributed by atoms with Crippen LogP contribution in [0, 0.1) is 0 Å². The van der Waals surface area contributed by atoms with Crippen LogP contribution in [0.4, 0.5) is 0 Å². The van der Waals surface area contributed by atoms with Crippen LogP contribution in [0.1, 0.15) is 142 Å². The molecular formula is C28H56N2S4. The van der Waals surface area contributed by atoms with Gasteiger partial charge < -0.3 is 10.6 Å². The molecular weight excluding hydrogens is 493 g/mol. The number of thiocarbonyl (C=S) groups is 2. The van der Waals surface area contributed by atoms with Gasteiger partial charge in [-0.15, -0.1) is 0 Å². The maximum Gasteiger partial charge on any atom is 0.133 e.